The molecule has 2 aliphatic heterocycles. The van der Waals surface area contributed by atoms with Crippen molar-refractivity contribution in [1.29, 1.82) is 0 Å². The Morgan fingerprint density at radius 2 is 1.81 bits per heavy atom. The van der Waals surface area contributed by atoms with Crippen molar-refractivity contribution in [2.24, 2.45) is 0 Å². The second-order valence-corrected chi connectivity index (χ2v) is 11.9. The van der Waals surface area contributed by atoms with Crippen LogP contribution in [0.5, 0.6) is 0 Å². The van der Waals surface area contributed by atoms with Crippen molar-refractivity contribution in [1.82, 2.24) is 14.9 Å². The van der Waals surface area contributed by atoms with Crippen LogP contribution >= 0.6 is 22.9 Å². The van der Waals surface area contributed by atoms with Gasteiger partial charge >= 0.3 is 5.97 Å². The number of aromatic carboxylic acids is 1. The largest absolute Gasteiger partial charge is 0.476 e. The second kappa shape index (κ2) is 8.95. The third-order valence-electron chi connectivity index (χ3n) is 6.92. The first-order valence-corrected chi connectivity index (χ1v) is 13.1. The van der Waals surface area contributed by atoms with E-state index < -0.39 is 17.3 Å². The average molecular weight is 544 g/mol. The summed E-state index contributed by atoms with van der Waals surface area (Å²) in [5.74, 6) is -1.70. The number of rotatable bonds is 4. The Labute approximate surface area is 223 Å². The Bertz CT molecular complexity index is 1410. The van der Waals surface area contributed by atoms with Gasteiger partial charge in [0.05, 0.1) is 21.9 Å². The molecule has 1 saturated heterocycles. The molecule has 3 aromatic rings. The van der Waals surface area contributed by atoms with E-state index in [1.165, 1.54) is 22.8 Å². The highest BCUT2D eigenvalue weighted by Crippen LogP contribution is 2.44. The van der Waals surface area contributed by atoms with Gasteiger partial charge in [0.25, 0.3) is 5.91 Å². The maximum absolute atomic E-state index is 14.2. The molecule has 1 N–H and O–H groups in total. The zero-order valence-corrected chi connectivity index (χ0v) is 22.5. The molecular weight excluding hydrogens is 517 g/mol. The number of hydrogen-bond donors (Lipinski definition) is 1. The van der Waals surface area contributed by atoms with Crippen LogP contribution in [-0.4, -0.2) is 63.6 Å². The molecule has 0 spiro atoms. The number of carbonyl (C=O) groups is 2. The first-order chi connectivity index (χ1) is 17.4. The van der Waals surface area contributed by atoms with Gasteiger partial charge in [0.1, 0.15) is 11.5 Å². The van der Waals surface area contributed by atoms with Crippen LogP contribution in [0.1, 0.15) is 54.4 Å². The van der Waals surface area contributed by atoms with Crippen LogP contribution in [0.25, 0.3) is 0 Å². The Kier molecular flexibility index (Phi) is 6.15. The van der Waals surface area contributed by atoms with Crippen molar-refractivity contribution in [3.63, 3.8) is 0 Å². The normalized spacial score (nSPS) is 18.2. The number of pyridine rings is 1. The van der Waals surface area contributed by atoms with E-state index in [1.807, 2.05) is 34.6 Å². The van der Waals surface area contributed by atoms with Crippen molar-refractivity contribution in [2.75, 3.05) is 36.0 Å². The maximum Gasteiger partial charge on any atom is 0.355 e. The molecule has 8 nitrogen and oxygen atoms in total. The van der Waals surface area contributed by atoms with Gasteiger partial charge in [-0.1, -0.05) is 25.4 Å². The van der Waals surface area contributed by atoms with Crippen LogP contribution in [-0.2, 0) is 5.41 Å². The number of aromatic nitrogens is 2. The molecule has 0 radical (unpaired) electrons. The van der Waals surface area contributed by atoms with Crippen LogP contribution in [0.2, 0.25) is 5.02 Å². The standard InChI is InChI=1S/C26H27ClFN5O3S/c1-25(2)13-32(15-5-6-16(27)17(28)11-15)20-8-7-18(29-21(20)25)22(34)33-10-9-31(14-26(33,3)4)24-30-19(12-37-24)23(35)36/h5-8,11-12H,9-10,13-14H2,1-4H3,(H,35,36). The Balaban J connectivity index is 1.39. The first kappa shape index (κ1) is 25.4. The molecule has 37 heavy (non-hydrogen) atoms. The lowest BCUT2D eigenvalue weighted by Gasteiger charge is -2.47. The Hall–Kier alpha value is -3.24. The summed E-state index contributed by atoms with van der Waals surface area (Å²) in [4.78, 5) is 39.8. The summed E-state index contributed by atoms with van der Waals surface area (Å²) in [5, 5.41) is 11.4. The summed E-state index contributed by atoms with van der Waals surface area (Å²) >= 11 is 7.16. The zero-order valence-electron chi connectivity index (χ0n) is 21.0. The van der Waals surface area contributed by atoms with E-state index in [9.17, 15) is 19.1 Å². The summed E-state index contributed by atoms with van der Waals surface area (Å²) < 4.78 is 14.2. The van der Waals surface area contributed by atoms with Gasteiger partial charge in [0.2, 0.25) is 0 Å². The Morgan fingerprint density at radius 1 is 1.05 bits per heavy atom. The first-order valence-electron chi connectivity index (χ1n) is 11.9. The van der Waals surface area contributed by atoms with E-state index in [2.05, 4.69) is 18.8 Å². The fourth-order valence-electron chi connectivity index (χ4n) is 5.07. The van der Waals surface area contributed by atoms with E-state index >= 15 is 0 Å². The Morgan fingerprint density at radius 3 is 2.46 bits per heavy atom. The molecule has 2 aliphatic rings. The average Bonchev–Trinajstić information content (AvgIpc) is 3.43. The number of carbonyl (C=O) groups excluding carboxylic acids is 1. The van der Waals surface area contributed by atoms with Crippen LogP contribution in [0.15, 0.2) is 35.7 Å². The van der Waals surface area contributed by atoms with Crippen LogP contribution < -0.4 is 9.80 Å². The monoisotopic (exact) mass is 543 g/mol. The topological polar surface area (TPSA) is 89.9 Å². The van der Waals surface area contributed by atoms with Gasteiger partial charge in [-0.25, -0.2) is 19.2 Å². The van der Waals surface area contributed by atoms with Crippen LogP contribution in [0.3, 0.4) is 0 Å². The fourth-order valence-corrected chi connectivity index (χ4v) is 6.01. The van der Waals surface area contributed by atoms with Crippen molar-refractivity contribution < 1.29 is 19.1 Å². The van der Waals surface area contributed by atoms with E-state index in [-0.39, 0.29) is 22.0 Å². The number of benzene rings is 1. The van der Waals surface area contributed by atoms with Crippen molar-refractivity contribution in [2.45, 2.75) is 38.6 Å². The van der Waals surface area contributed by atoms with Gasteiger partial charge in [-0.05, 0) is 44.2 Å². The number of carboxylic acids is 1. The SMILES string of the molecule is CC1(C)CN(c2ccc(Cl)c(F)c2)c2ccc(C(=O)N3CCN(c4nc(C(=O)O)cs4)CC3(C)C)nc21. The van der Waals surface area contributed by atoms with Crippen molar-refractivity contribution in [3.8, 4) is 0 Å². The summed E-state index contributed by atoms with van der Waals surface area (Å²) in [6.07, 6.45) is 0. The minimum atomic E-state index is -1.05. The van der Waals surface area contributed by atoms with Gasteiger partial charge in [-0.15, -0.1) is 11.3 Å². The highest BCUT2D eigenvalue weighted by Gasteiger charge is 2.41. The molecule has 2 aromatic heterocycles. The molecule has 4 heterocycles. The lowest BCUT2D eigenvalue weighted by molar-refractivity contribution is 0.0508. The molecule has 11 heteroatoms. The molecule has 1 amide bonds. The molecular formula is C26H27ClFN5O3S. The van der Waals surface area contributed by atoms with Crippen LogP contribution in [0, 0.1) is 5.82 Å². The lowest BCUT2D eigenvalue weighted by Crippen LogP contribution is -2.61. The van der Waals surface area contributed by atoms with E-state index in [0.29, 0.717) is 42.7 Å². The van der Waals surface area contributed by atoms with Crippen molar-refractivity contribution in [3.05, 3.63) is 63.6 Å². The van der Waals surface area contributed by atoms with E-state index in [0.717, 1.165) is 11.4 Å². The number of anilines is 3. The number of halogens is 2. The maximum atomic E-state index is 14.2. The highest BCUT2D eigenvalue weighted by atomic mass is 35.5. The summed E-state index contributed by atoms with van der Waals surface area (Å²) in [6, 6.07) is 8.34. The van der Waals surface area contributed by atoms with Gasteiger partial charge in [0, 0.05) is 42.7 Å². The predicted octanol–water partition coefficient (Wildman–Crippen LogP) is 5.20. The summed E-state index contributed by atoms with van der Waals surface area (Å²) in [6.45, 7) is 10.2. The van der Waals surface area contributed by atoms with E-state index in [1.54, 1.807) is 18.2 Å². The number of fused-ring (bicyclic) bond motifs is 1. The molecule has 0 unspecified atom stereocenters. The lowest BCUT2D eigenvalue weighted by atomic mass is 9.91. The quantitative estimate of drug-likeness (QED) is 0.484. The number of amides is 1. The number of carboxylic acid groups (broad SMARTS) is 1. The molecule has 0 aliphatic carbocycles. The number of nitrogens with zero attached hydrogens (tertiary/aromatic N) is 5. The summed E-state index contributed by atoms with van der Waals surface area (Å²) in [5.41, 5.74) is 1.80. The fraction of sp³-hybridized carbons (Fsp3) is 0.385. The molecule has 194 valence electrons. The molecule has 1 fully saturated rings. The molecule has 0 atom stereocenters. The molecule has 5 rings (SSSR count). The minimum Gasteiger partial charge on any atom is -0.476 e. The van der Waals surface area contributed by atoms with Crippen LogP contribution in [0.4, 0.5) is 20.9 Å². The molecule has 0 saturated carbocycles. The van der Waals surface area contributed by atoms with Gasteiger partial charge < -0.3 is 19.8 Å². The number of thiazole rings is 1. The third-order valence-corrected chi connectivity index (χ3v) is 8.13. The smallest absolute Gasteiger partial charge is 0.355 e. The predicted molar refractivity (Wildman–Crippen MR) is 142 cm³/mol. The summed E-state index contributed by atoms with van der Waals surface area (Å²) in [7, 11) is 0. The number of piperazine rings is 1. The molecule has 0 bridgehead atoms. The van der Waals surface area contributed by atoms with E-state index in [4.69, 9.17) is 16.6 Å². The number of hydrogen-bond acceptors (Lipinski definition) is 7. The van der Waals surface area contributed by atoms with Crippen molar-refractivity contribution >= 4 is 51.3 Å². The highest BCUT2D eigenvalue weighted by molar-refractivity contribution is 7.13. The van der Waals surface area contributed by atoms with Gasteiger partial charge in [-0.2, -0.15) is 0 Å². The third kappa shape index (κ3) is 4.53. The second-order valence-electron chi connectivity index (χ2n) is 10.6. The molecule has 1 aromatic carbocycles. The van der Waals surface area contributed by atoms with Gasteiger partial charge in [-0.3, -0.25) is 4.79 Å². The minimum absolute atomic E-state index is 0.0247. The zero-order chi connectivity index (χ0) is 26.7. The van der Waals surface area contributed by atoms with Gasteiger partial charge in [0.15, 0.2) is 10.8 Å².